The molecule has 2 N–H and O–H groups in total. The molecule has 1 aromatic heterocycles. The van der Waals surface area contributed by atoms with E-state index in [1.165, 1.54) is 0 Å². The highest BCUT2D eigenvalue weighted by molar-refractivity contribution is 14.0. The fourth-order valence-corrected chi connectivity index (χ4v) is 3.48. The molecular formula is C20H35IN8O2. The molecule has 0 spiro atoms. The lowest BCUT2D eigenvalue weighted by Crippen LogP contribution is -2.53. The van der Waals surface area contributed by atoms with Crippen molar-refractivity contribution in [3.05, 3.63) is 18.5 Å². The number of nitrogens with zero attached hydrogens (tertiary/aromatic N) is 7. The standard InChI is InChI=1S/C20H34N8O2.HI/c1-20(2,3)30-19(29)28-15-13-26(14-16-28)17(21)22-7-8-25-9-11-27(12-10-25)18-23-5-4-6-24-18;/h4-6H,7-16H2,1-3H3,(H2,21,22);1H. The van der Waals surface area contributed by atoms with Crippen molar-refractivity contribution in [3.8, 4) is 0 Å². The molecule has 31 heavy (non-hydrogen) atoms. The predicted octanol–water partition coefficient (Wildman–Crippen LogP) is 1.08. The number of guanidine groups is 1. The first-order chi connectivity index (χ1) is 14.3. The van der Waals surface area contributed by atoms with Crippen LogP contribution in [-0.2, 0) is 4.74 Å². The van der Waals surface area contributed by atoms with Crippen molar-refractivity contribution >= 4 is 42.0 Å². The highest BCUT2D eigenvalue weighted by atomic mass is 127. The molecule has 174 valence electrons. The number of nitrogens with two attached hydrogens (primary N) is 1. The minimum Gasteiger partial charge on any atom is -0.444 e. The van der Waals surface area contributed by atoms with Crippen molar-refractivity contribution in [1.82, 2.24) is 24.7 Å². The minimum atomic E-state index is -0.478. The van der Waals surface area contributed by atoms with Crippen LogP contribution in [0.5, 0.6) is 0 Å². The summed E-state index contributed by atoms with van der Waals surface area (Å²) in [7, 11) is 0. The molecule has 3 heterocycles. The van der Waals surface area contributed by atoms with Crippen LogP contribution in [-0.4, -0.2) is 108 Å². The number of rotatable bonds is 4. The van der Waals surface area contributed by atoms with E-state index >= 15 is 0 Å². The Balaban J connectivity index is 0.00000341. The van der Waals surface area contributed by atoms with Gasteiger partial charge in [-0.1, -0.05) is 0 Å². The summed E-state index contributed by atoms with van der Waals surface area (Å²) in [4.78, 5) is 33.7. The smallest absolute Gasteiger partial charge is 0.410 e. The largest absolute Gasteiger partial charge is 0.444 e. The van der Waals surface area contributed by atoms with Crippen molar-refractivity contribution in [2.75, 3.05) is 70.3 Å². The van der Waals surface area contributed by atoms with Gasteiger partial charge in [0.05, 0.1) is 6.54 Å². The fourth-order valence-electron chi connectivity index (χ4n) is 3.48. The normalized spacial score (nSPS) is 18.5. The first kappa shape index (κ1) is 25.4. The van der Waals surface area contributed by atoms with Crippen molar-refractivity contribution < 1.29 is 9.53 Å². The Labute approximate surface area is 201 Å². The molecule has 0 atom stereocenters. The molecule has 0 radical (unpaired) electrons. The lowest BCUT2D eigenvalue weighted by atomic mass is 10.2. The molecular weight excluding hydrogens is 511 g/mol. The average molecular weight is 546 g/mol. The maximum Gasteiger partial charge on any atom is 0.410 e. The number of aromatic nitrogens is 2. The number of amides is 1. The van der Waals surface area contributed by atoms with Gasteiger partial charge in [-0.05, 0) is 26.8 Å². The van der Waals surface area contributed by atoms with Crippen LogP contribution < -0.4 is 10.6 Å². The third kappa shape index (κ3) is 7.95. The topological polar surface area (TPSA) is 103 Å². The zero-order chi connectivity index (χ0) is 21.6. The minimum absolute atomic E-state index is 0. The molecule has 0 unspecified atom stereocenters. The van der Waals surface area contributed by atoms with Crippen LogP contribution in [0.1, 0.15) is 20.8 Å². The number of carbonyl (C=O) groups excluding carboxylic acids is 1. The van der Waals surface area contributed by atoms with Crippen LogP contribution in [0.15, 0.2) is 23.5 Å². The number of piperazine rings is 2. The van der Waals surface area contributed by atoms with Crippen LogP contribution >= 0.6 is 24.0 Å². The second-order valence-electron chi connectivity index (χ2n) is 8.57. The van der Waals surface area contributed by atoms with Gasteiger partial charge in [0.15, 0.2) is 5.96 Å². The summed E-state index contributed by atoms with van der Waals surface area (Å²) in [6.45, 7) is 13.4. The fraction of sp³-hybridized carbons (Fsp3) is 0.700. The molecule has 0 bridgehead atoms. The quantitative estimate of drug-likeness (QED) is 0.340. The van der Waals surface area contributed by atoms with Gasteiger partial charge in [-0.3, -0.25) is 9.89 Å². The zero-order valence-corrected chi connectivity index (χ0v) is 21.1. The molecule has 2 fully saturated rings. The number of ether oxygens (including phenoxy) is 1. The third-order valence-corrected chi connectivity index (χ3v) is 5.15. The Kier molecular flexibility index (Phi) is 9.54. The number of halogens is 1. The van der Waals surface area contributed by atoms with Crippen LogP contribution in [0.25, 0.3) is 0 Å². The summed E-state index contributed by atoms with van der Waals surface area (Å²) in [5.41, 5.74) is 5.71. The monoisotopic (exact) mass is 546 g/mol. The van der Waals surface area contributed by atoms with Crippen LogP contribution in [0, 0.1) is 0 Å². The lowest BCUT2D eigenvalue weighted by molar-refractivity contribution is 0.0186. The summed E-state index contributed by atoms with van der Waals surface area (Å²) < 4.78 is 5.43. The Bertz CT molecular complexity index is 712. The average Bonchev–Trinajstić information content (AvgIpc) is 2.74. The van der Waals surface area contributed by atoms with Crippen LogP contribution in [0.4, 0.5) is 10.7 Å². The van der Waals surface area contributed by atoms with Crippen molar-refractivity contribution in [1.29, 1.82) is 0 Å². The van der Waals surface area contributed by atoms with E-state index in [1.54, 1.807) is 17.3 Å². The van der Waals surface area contributed by atoms with Gasteiger partial charge in [-0.2, -0.15) is 0 Å². The predicted molar refractivity (Wildman–Crippen MR) is 132 cm³/mol. The SMILES string of the molecule is CC(C)(C)OC(=O)N1CCN(C(N)=NCCN2CCN(c3ncccn3)CC2)CC1.I. The second-order valence-corrected chi connectivity index (χ2v) is 8.57. The Morgan fingerprint density at radius 2 is 1.61 bits per heavy atom. The lowest BCUT2D eigenvalue weighted by Gasteiger charge is -2.36. The number of anilines is 1. The number of aliphatic imine (C=N–C) groups is 1. The molecule has 10 nitrogen and oxygen atoms in total. The molecule has 2 aliphatic heterocycles. The number of hydrogen-bond acceptors (Lipinski definition) is 7. The molecule has 0 saturated carbocycles. The van der Waals surface area contributed by atoms with Gasteiger partial charge in [-0.15, -0.1) is 24.0 Å². The zero-order valence-electron chi connectivity index (χ0n) is 18.7. The van der Waals surface area contributed by atoms with Gasteiger partial charge in [-0.25, -0.2) is 14.8 Å². The molecule has 3 rings (SSSR count). The van der Waals surface area contributed by atoms with Gasteiger partial charge >= 0.3 is 6.09 Å². The maximum atomic E-state index is 12.2. The van der Waals surface area contributed by atoms with Crippen molar-refractivity contribution in [3.63, 3.8) is 0 Å². The van der Waals surface area contributed by atoms with E-state index in [2.05, 4.69) is 24.8 Å². The molecule has 2 saturated heterocycles. The highest BCUT2D eigenvalue weighted by Crippen LogP contribution is 2.12. The second kappa shape index (κ2) is 11.7. The molecule has 1 aromatic rings. The van der Waals surface area contributed by atoms with Gasteiger partial charge in [0.25, 0.3) is 0 Å². The molecule has 0 aromatic carbocycles. The molecule has 2 aliphatic rings. The maximum absolute atomic E-state index is 12.2. The van der Waals surface area contributed by atoms with E-state index in [-0.39, 0.29) is 30.1 Å². The summed E-state index contributed by atoms with van der Waals surface area (Å²) >= 11 is 0. The van der Waals surface area contributed by atoms with E-state index < -0.39 is 5.60 Å². The van der Waals surface area contributed by atoms with E-state index in [1.807, 2.05) is 31.7 Å². The Morgan fingerprint density at radius 1 is 1.03 bits per heavy atom. The van der Waals surface area contributed by atoms with Crippen LogP contribution in [0.3, 0.4) is 0 Å². The Morgan fingerprint density at radius 3 is 2.19 bits per heavy atom. The molecule has 1 amide bonds. The van der Waals surface area contributed by atoms with Crippen molar-refractivity contribution in [2.24, 2.45) is 10.7 Å². The van der Waals surface area contributed by atoms with Gasteiger partial charge in [0, 0.05) is 71.3 Å². The van der Waals surface area contributed by atoms with Gasteiger partial charge in [0.1, 0.15) is 5.60 Å². The first-order valence-corrected chi connectivity index (χ1v) is 10.6. The Hall–Kier alpha value is -1.89. The van der Waals surface area contributed by atoms with Gasteiger partial charge in [0.2, 0.25) is 5.95 Å². The number of hydrogen-bond donors (Lipinski definition) is 1. The number of carbonyl (C=O) groups is 1. The van der Waals surface area contributed by atoms with E-state index in [0.717, 1.165) is 38.7 Å². The summed E-state index contributed by atoms with van der Waals surface area (Å²) in [6.07, 6.45) is 3.29. The molecule has 0 aliphatic carbocycles. The highest BCUT2D eigenvalue weighted by Gasteiger charge is 2.26. The third-order valence-electron chi connectivity index (χ3n) is 5.15. The van der Waals surface area contributed by atoms with E-state index in [9.17, 15) is 4.79 Å². The molecule has 11 heteroatoms. The van der Waals surface area contributed by atoms with Crippen molar-refractivity contribution in [2.45, 2.75) is 26.4 Å². The van der Waals surface area contributed by atoms with Crippen LogP contribution in [0.2, 0.25) is 0 Å². The first-order valence-electron chi connectivity index (χ1n) is 10.6. The van der Waals surface area contributed by atoms with E-state index in [0.29, 0.717) is 38.7 Å². The summed E-state index contributed by atoms with van der Waals surface area (Å²) in [5, 5.41) is 0. The van der Waals surface area contributed by atoms with Gasteiger partial charge < -0.3 is 25.2 Å². The summed E-state index contributed by atoms with van der Waals surface area (Å²) in [5.74, 6) is 1.35. The summed E-state index contributed by atoms with van der Waals surface area (Å²) in [6, 6.07) is 1.83. The van der Waals surface area contributed by atoms with E-state index in [4.69, 9.17) is 10.5 Å².